The third-order valence-electron chi connectivity index (χ3n) is 2.22. The summed E-state index contributed by atoms with van der Waals surface area (Å²) >= 11 is 6.03. The van der Waals surface area contributed by atoms with Crippen LogP contribution in [0.4, 0.5) is 0 Å². The molecule has 0 aliphatic carbocycles. The lowest BCUT2D eigenvalue weighted by atomic mass is 10.2. The highest BCUT2D eigenvalue weighted by atomic mass is 35.5. The molecule has 1 aromatic rings. The third-order valence-corrected chi connectivity index (χ3v) is 2.51. The minimum absolute atomic E-state index is 0.239. The first-order valence-corrected chi connectivity index (χ1v) is 5.96. The van der Waals surface area contributed by atoms with Gasteiger partial charge in [-0.05, 0) is 24.6 Å². The van der Waals surface area contributed by atoms with E-state index >= 15 is 0 Å². The molecule has 5 heteroatoms. The van der Waals surface area contributed by atoms with Gasteiger partial charge in [0, 0.05) is 13.1 Å². The molecule has 4 nitrogen and oxygen atoms in total. The Hall–Kier alpha value is -0.810. The van der Waals surface area contributed by atoms with Crippen LogP contribution in [0.15, 0.2) is 18.2 Å². The van der Waals surface area contributed by atoms with E-state index in [-0.39, 0.29) is 6.61 Å². The summed E-state index contributed by atoms with van der Waals surface area (Å²) in [7, 11) is 0. The molecule has 0 aliphatic rings. The second-order valence-corrected chi connectivity index (χ2v) is 4.07. The number of ether oxygens (including phenoxy) is 1. The van der Waals surface area contributed by atoms with Crippen molar-refractivity contribution in [3.05, 3.63) is 28.8 Å². The van der Waals surface area contributed by atoms with E-state index in [9.17, 15) is 0 Å². The van der Waals surface area contributed by atoms with Crippen LogP contribution in [-0.4, -0.2) is 36.1 Å². The van der Waals surface area contributed by atoms with Gasteiger partial charge in [-0.15, -0.1) is 0 Å². The summed E-state index contributed by atoms with van der Waals surface area (Å²) < 4.78 is 5.33. The highest BCUT2D eigenvalue weighted by molar-refractivity contribution is 6.32. The van der Waals surface area contributed by atoms with E-state index in [2.05, 4.69) is 5.32 Å². The second kappa shape index (κ2) is 7.50. The maximum Gasteiger partial charge on any atom is 0.137 e. The zero-order chi connectivity index (χ0) is 12.7. The molecule has 96 valence electrons. The van der Waals surface area contributed by atoms with E-state index in [0.717, 1.165) is 5.56 Å². The predicted molar refractivity (Wildman–Crippen MR) is 67.4 cm³/mol. The molecule has 1 aromatic carbocycles. The van der Waals surface area contributed by atoms with Crippen LogP contribution >= 0.6 is 11.6 Å². The molecule has 1 unspecified atom stereocenters. The number of hydrogen-bond donors (Lipinski definition) is 3. The third kappa shape index (κ3) is 4.91. The molecule has 1 atom stereocenters. The van der Waals surface area contributed by atoms with E-state index < -0.39 is 6.10 Å². The second-order valence-electron chi connectivity index (χ2n) is 3.67. The smallest absolute Gasteiger partial charge is 0.137 e. The molecule has 0 bridgehead atoms. The predicted octanol–water partition coefficient (Wildman–Crippen LogP) is 1.18. The Labute approximate surface area is 106 Å². The summed E-state index contributed by atoms with van der Waals surface area (Å²) in [4.78, 5) is 0. The largest absolute Gasteiger partial charge is 0.492 e. The van der Waals surface area contributed by atoms with Crippen molar-refractivity contribution in [1.29, 1.82) is 0 Å². The lowest BCUT2D eigenvalue weighted by Gasteiger charge is -2.10. The minimum Gasteiger partial charge on any atom is -0.492 e. The maximum atomic E-state index is 9.15. The molecule has 0 aromatic heterocycles. The molecular formula is C12H18ClNO3. The van der Waals surface area contributed by atoms with Crippen LogP contribution in [0, 0.1) is 0 Å². The van der Waals surface area contributed by atoms with Crippen LogP contribution in [0.25, 0.3) is 0 Å². The summed E-state index contributed by atoms with van der Waals surface area (Å²) in [6.45, 7) is 3.18. The van der Waals surface area contributed by atoms with Gasteiger partial charge in [-0.25, -0.2) is 0 Å². The van der Waals surface area contributed by atoms with Gasteiger partial charge in [-0.2, -0.15) is 0 Å². The van der Waals surface area contributed by atoms with Gasteiger partial charge < -0.3 is 20.3 Å². The summed E-state index contributed by atoms with van der Waals surface area (Å²) in [5.41, 5.74) is 1.00. The van der Waals surface area contributed by atoms with Crippen molar-refractivity contribution in [2.24, 2.45) is 0 Å². The summed E-state index contributed by atoms with van der Waals surface area (Å²) in [6.07, 6.45) is -0.729. The van der Waals surface area contributed by atoms with E-state index in [1.165, 1.54) is 0 Å². The Bertz CT molecular complexity index is 347. The number of halogens is 1. The van der Waals surface area contributed by atoms with Gasteiger partial charge >= 0.3 is 0 Å². The van der Waals surface area contributed by atoms with E-state index in [0.29, 0.717) is 30.5 Å². The van der Waals surface area contributed by atoms with Crippen LogP contribution in [-0.2, 0) is 6.54 Å². The van der Waals surface area contributed by atoms with Gasteiger partial charge in [0.2, 0.25) is 0 Å². The number of nitrogens with one attached hydrogen (secondary N) is 1. The van der Waals surface area contributed by atoms with Crippen molar-refractivity contribution in [1.82, 2.24) is 5.32 Å². The summed E-state index contributed by atoms with van der Waals surface area (Å²) in [5, 5.41) is 21.4. The zero-order valence-electron chi connectivity index (χ0n) is 9.82. The Morgan fingerprint density at radius 3 is 2.82 bits per heavy atom. The SMILES string of the molecule is CCOc1ccc(CNCC(O)CO)cc1Cl. The first-order chi connectivity index (χ1) is 8.17. The molecule has 3 N–H and O–H groups in total. The number of aliphatic hydroxyl groups excluding tert-OH is 2. The molecular weight excluding hydrogens is 242 g/mol. The Balaban J connectivity index is 2.47. The lowest BCUT2D eigenvalue weighted by Crippen LogP contribution is -2.28. The first-order valence-electron chi connectivity index (χ1n) is 5.58. The molecule has 0 saturated heterocycles. The minimum atomic E-state index is -0.729. The van der Waals surface area contributed by atoms with Crippen LogP contribution in [0.1, 0.15) is 12.5 Å². The molecule has 0 heterocycles. The van der Waals surface area contributed by atoms with Gasteiger partial charge in [0.05, 0.1) is 24.3 Å². The van der Waals surface area contributed by atoms with Crippen molar-refractivity contribution in [2.45, 2.75) is 19.6 Å². The zero-order valence-corrected chi connectivity index (χ0v) is 10.6. The molecule has 0 fully saturated rings. The van der Waals surface area contributed by atoms with Crippen LogP contribution < -0.4 is 10.1 Å². The van der Waals surface area contributed by atoms with Gasteiger partial charge in [-0.1, -0.05) is 17.7 Å². The quantitative estimate of drug-likeness (QED) is 0.688. The van der Waals surface area contributed by atoms with Crippen LogP contribution in [0.5, 0.6) is 5.75 Å². The van der Waals surface area contributed by atoms with E-state index in [4.69, 9.17) is 26.6 Å². The summed E-state index contributed by atoms with van der Waals surface area (Å²) in [5.74, 6) is 0.674. The fraction of sp³-hybridized carbons (Fsp3) is 0.500. The first kappa shape index (κ1) is 14.3. The fourth-order valence-corrected chi connectivity index (χ4v) is 1.63. The highest BCUT2D eigenvalue weighted by Gasteiger charge is 2.04. The van der Waals surface area contributed by atoms with E-state index in [1.807, 2.05) is 25.1 Å². The number of benzene rings is 1. The Morgan fingerprint density at radius 2 is 2.24 bits per heavy atom. The molecule has 1 rings (SSSR count). The fourth-order valence-electron chi connectivity index (χ4n) is 1.37. The Morgan fingerprint density at radius 1 is 1.47 bits per heavy atom. The van der Waals surface area contributed by atoms with Gasteiger partial charge in [0.1, 0.15) is 5.75 Å². The monoisotopic (exact) mass is 259 g/mol. The number of rotatable bonds is 7. The Kier molecular flexibility index (Phi) is 6.29. The van der Waals surface area contributed by atoms with Gasteiger partial charge in [-0.3, -0.25) is 0 Å². The van der Waals surface area contributed by atoms with E-state index in [1.54, 1.807) is 0 Å². The average Bonchev–Trinajstić information content (AvgIpc) is 2.32. The van der Waals surface area contributed by atoms with Crippen molar-refractivity contribution < 1.29 is 14.9 Å². The van der Waals surface area contributed by atoms with Gasteiger partial charge in [0.25, 0.3) is 0 Å². The van der Waals surface area contributed by atoms with Crippen LogP contribution in [0.3, 0.4) is 0 Å². The molecule has 0 spiro atoms. The molecule has 0 aliphatic heterocycles. The molecule has 0 radical (unpaired) electrons. The maximum absolute atomic E-state index is 9.15. The van der Waals surface area contributed by atoms with Crippen molar-refractivity contribution in [3.8, 4) is 5.75 Å². The topological polar surface area (TPSA) is 61.7 Å². The van der Waals surface area contributed by atoms with Gasteiger partial charge in [0.15, 0.2) is 0 Å². The highest BCUT2D eigenvalue weighted by Crippen LogP contribution is 2.25. The number of hydrogen-bond acceptors (Lipinski definition) is 4. The van der Waals surface area contributed by atoms with Crippen molar-refractivity contribution in [3.63, 3.8) is 0 Å². The van der Waals surface area contributed by atoms with Crippen molar-refractivity contribution >= 4 is 11.6 Å². The van der Waals surface area contributed by atoms with Crippen molar-refractivity contribution in [2.75, 3.05) is 19.8 Å². The molecule has 17 heavy (non-hydrogen) atoms. The number of aliphatic hydroxyl groups is 2. The lowest BCUT2D eigenvalue weighted by molar-refractivity contribution is 0.0942. The average molecular weight is 260 g/mol. The summed E-state index contributed by atoms with van der Waals surface area (Å²) in [6, 6.07) is 5.56. The van der Waals surface area contributed by atoms with Crippen LogP contribution in [0.2, 0.25) is 5.02 Å². The molecule has 0 saturated carbocycles. The standard InChI is InChI=1S/C12H18ClNO3/c1-2-17-12-4-3-9(5-11(12)13)6-14-7-10(16)8-15/h3-5,10,14-16H,2,6-8H2,1H3. The molecule has 0 amide bonds. The normalized spacial score (nSPS) is 12.5.